The predicted octanol–water partition coefficient (Wildman–Crippen LogP) is 10.8. The van der Waals surface area contributed by atoms with Crippen LogP contribution in [0.5, 0.6) is 0 Å². The molecule has 1 rings (SSSR count). The summed E-state index contributed by atoms with van der Waals surface area (Å²) < 4.78 is 11.2. The van der Waals surface area contributed by atoms with E-state index in [1.165, 1.54) is 161 Å². The third kappa shape index (κ3) is 31.0. The zero-order valence-electron chi connectivity index (χ0n) is 38.0. The van der Waals surface area contributed by atoms with Gasteiger partial charge in [-0.05, 0) is 38.5 Å². The van der Waals surface area contributed by atoms with E-state index in [1.807, 2.05) is 12.2 Å². The van der Waals surface area contributed by atoms with Gasteiger partial charge in [0.1, 0.15) is 24.4 Å². The fourth-order valence-electron chi connectivity index (χ4n) is 7.74. The summed E-state index contributed by atoms with van der Waals surface area (Å²) >= 11 is 0. The van der Waals surface area contributed by atoms with Crippen molar-refractivity contribution >= 4 is 5.91 Å². The minimum absolute atomic E-state index is 0.210. The van der Waals surface area contributed by atoms with Crippen molar-refractivity contribution in [1.29, 1.82) is 0 Å². The van der Waals surface area contributed by atoms with Crippen LogP contribution in [0.2, 0.25) is 0 Å². The van der Waals surface area contributed by atoms with E-state index in [4.69, 9.17) is 9.47 Å². The number of aliphatic hydroxyl groups excluding tert-OH is 5. The van der Waals surface area contributed by atoms with Crippen molar-refractivity contribution in [3.63, 3.8) is 0 Å². The van der Waals surface area contributed by atoms with Gasteiger partial charge >= 0.3 is 0 Å². The average molecular weight is 836 g/mol. The van der Waals surface area contributed by atoms with Crippen LogP contribution in [-0.2, 0) is 14.3 Å². The van der Waals surface area contributed by atoms with E-state index in [-0.39, 0.29) is 18.9 Å². The van der Waals surface area contributed by atoms with Crippen molar-refractivity contribution in [1.82, 2.24) is 5.32 Å². The third-order valence-corrected chi connectivity index (χ3v) is 11.7. The minimum Gasteiger partial charge on any atom is -0.394 e. The molecule has 7 unspecified atom stereocenters. The molecule has 0 saturated carbocycles. The molecular weight excluding hydrogens is 743 g/mol. The zero-order valence-corrected chi connectivity index (χ0v) is 38.0. The molecule has 9 heteroatoms. The Morgan fingerprint density at radius 1 is 0.576 bits per heavy atom. The van der Waals surface area contributed by atoms with Crippen molar-refractivity contribution in [2.24, 2.45) is 0 Å². The highest BCUT2D eigenvalue weighted by molar-refractivity contribution is 5.76. The Morgan fingerprint density at radius 3 is 1.46 bits per heavy atom. The van der Waals surface area contributed by atoms with E-state index in [1.54, 1.807) is 6.08 Å². The largest absolute Gasteiger partial charge is 0.394 e. The first-order valence-corrected chi connectivity index (χ1v) is 24.7. The lowest BCUT2D eigenvalue weighted by atomic mass is 9.99. The number of amides is 1. The van der Waals surface area contributed by atoms with Crippen molar-refractivity contribution in [2.45, 2.75) is 262 Å². The number of rotatable bonds is 41. The van der Waals surface area contributed by atoms with Gasteiger partial charge in [0.15, 0.2) is 6.29 Å². The fraction of sp³-hybridized carbons (Fsp3) is 0.860. The molecule has 6 N–H and O–H groups in total. The third-order valence-electron chi connectivity index (χ3n) is 11.7. The highest BCUT2D eigenvalue weighted by Gasteiger charge is 2.44. The van der Waals surface area contributed by atoms with E-state index in [0.717, 1.165) is 32.1 Å². The normalized spacial score (nSPS) is 21.0. The summed E-state index contributed by atoms with van der Waals surface area (Å²) in [6, 6.07) is -0.834. The molecule has 1 heterocycles. The molecule has 1 amide bonds. The lowest BCUT2D eigenvalue weighted by Crippen LogP contribution is -2.60. The Labute approximate surface area is 361 Å². The number of carbonyl (C=O) groups excluding carboxylic acids is 1. The molecule has 346 valence electrons. The first-order valence-electron chi connectivity index (χ1n) is 24.7. The molecule has 1 aliphatic heterocycles. The van der Waals surface area contributed by atoms with Crippen LogP contribution in [0.25, 0.3) is 0 Å². The number of aliphatic hydroxyl groups is 5. The Hall–Kier alpha value is -1.59. The molecular formula is C50H93NO8. The van der Waals surface area contributed by atoms with Gasteiger partial charge in [-0.15, -0.1) is 0 Å². The second-order valence-electron chi connectivity index (χ2n) is 17.3. The van der Waals surface area contributed by atoms with Gasteiger partial charge in [0.25, 0.3) is 0 Å². The molecule has 9 nitrogen and oxygen atoms in total. The topological polar surface area (TPSA) is 149 Å². The van der Waals surface area contributed by atoms with Gasteiger partial charge in [-0.2, -0.15) is 0 Å². The number of carbonyl (C=O) groups is 1. The molecule has 1 saturated heterocycles. The highest BCUT2D eigenvalue weighted by Crippen LogP contribution is 2.23. The number of allylic oxidation sites excluding steroid dienone is 5. The van der Waals surface area contributed by atoms with Crippen molar-refractivity contribution in [3.05, 3.63) is 36.5 Å². The summed E-state index contributed by atoms with van der Waals surface area (Å²) in [6.45, 7) is 3.74. The number of hydrogen-bond donors (Lipinski definition) is 6. The fourth-order valence-corrected chi connectivity index (χ4v) is 7.74. The number of nitrogens with one attached hydrogen (secondary N) is 1. The Bertz CT molecular complexity index is 1020. The summed E-state index contributed by atoms with van der Waals surface area (Å²) in [7, 11) is 0. The van der Waals surface area contributed by atoms with Crippen LogP contribution in [0.1, 0.15) is 219 Å². The maximum Gasteiger partial charge on any atom is 0.220 e. The van der Waals surface area contributed by atoms with E-state index >= 15 is 0 Å². The van der Waals surface area contributed by atoms with Gasteiger partial charge in [0, 0.05) is 6.42 Å². The number of hydrogen-bond acceptors (Lipinski definition) is 8. The molecule has 0 aromatic heterocycles. The molecule has 0 bridgehead atoms. The van der Waals surface area contributed by atoms with Crippen LogP contribution >= 0.6 is 0 Å². The first kappa shape index (κ1) is 55.4. The SMILES string of the molecule is CCCCCCCC/C=C\C/C=C\CCC(=O)NC(COC1OC(CO)C(O)C(O)C1O)C(O)/C=C/CCCCCCCCCCCCCCCCCCCCCCC. The molecule has 0 aliphatic carbocycles. The summed E-state index contributed by atoms with van der Waals surface area (Å²) in [5.41, 5.74) is 0. The molecule has 1 fully saturated rings. The van der Waals surface area contributed by atoms with Crippen LogP contribution < -0.4 is 5.32 Å². The summed E-state index contributed by atoms with van der Waals surface area (Å²) in [5.74, 6) is -0.243. The lowest BCUT2D eigenvalue weighted by Gasteiger charge is -2.40. The van der Waals surface area contributed by atoms with Gasteiger partial charge in [-0.3, -0.25) is 4.79 Å². The van der Waals surface area contributed by atoms with Crippen LogP contribution in [-0.4, -0.2) is 87.5 Å². The molecule has 7 atom stereocenters. The minimum atomic E-state index is -1.57. The van der Waals surface area contributed by atoms with Gasteiger partial charge in [0.2, 0.25) is 5.91 Å². The molecule has 0 spiro atoms. The summed E-state index contributed by atoms with van der Waals surface area (Å²) in [5, 5.41) is 54.2. The van der Waals surface area contributed by atoms with E-state index in [2.05, 4.69) is 37.4 Å². The van der Waals surface area contributed by atoms with Crippen LogP contribution in [0, 0.1) is 0 Å². The Balaban J connectivity index is 2.31. The van der Waals surface area contributed by atoms with Crippen molar-refractivity contribution < 1.29 is 39.8 Å². The summed E-state index contributed by atoms with van der Waals surface area (Å²) in [4.78, 5) is 12.9. The quantitative estimate of drug-likeness (QED) is 0.0263. The van der Waals surface area contributed by atoms with E-state index in [9.17, 15) is 30.3 Å². The van der Waals surface area contributed by atoms with Gasteiger partial charge in [-0.1, -0.05) is 211 Å². The highest BCUT2D eigenvalue weighted by atomic mass is 16.7. The summed E-state index contributed by atoms with van der Waals surface area (Å²) in [6.07, 6.45) is 43.6. The smallest absolute Gasteiger partial charge is 0.220 e. The molecule has 0 radical (unpaired) electrons. The van der Waals surface area contributed by atoms with E-state index in [0.29, 0.717) is 6.42 Å². The van der Waals surface area contributed by atoms with Gasteiger partial charge < -0.3 is 40.3 Å². The standard InChI is InChI=1S/C50H93NO8/c1-3-5-7-9-11-13-15-17-18-19-20-21-22-23-24-25-26-28-29-31-33-35-37-39-44(53)43(42-58-50-49(57)48(56)47(55)45(41-52)59-50)51-46(54)40-38-36-34-32-30-27-16-14-12-10-8-6-4-2/h27,30,34,36-37,39,43-45,47-50,52-53,55-57H,3-26,28-29,31-33,35,38,40-42H2,1-2H3,(H,51,54)/b30-27-,36-34-,39-37+. The van der Waals surface area contributed by atoms with Crippen molar-refractivity contribution in [2.75, 3.05) is 13.2 Å². The van der Waals surface area contributed by atoms with E-state index < -0.39 is 49.5 Å². The maximum absolute atomic E-state index is 12.9. The number of unbranched alkanes of at least 4 members (excludes halogenated alkanes) is 27. The lowest BCUT2D eigenvalue weighted by molar-refractivity contribution is -0.302. The molecule has 59 heavy (non-hydrogen) atoms. The van der Waals surface area contributed by atoms with Gasteiger partial charge in [0.05, 0.1) is 25.4 Å². The average Bonchev–Trinajstić information content (AvgIpc) is 3.23. The van der Waals surface area contributed by atoms with Crippen LogP contribution in [0.3, 0.4) is 0 Å². The van der Waals surface area contributed by atoms with Gasteiger partial charge in [-0.25, -0.2) is 0 Å². The number of ether oxygens (including phenoxy) is 2. The molecule has 0 aromatic rings. The predicted molar refractivity (Wildman–Crippen MR) is 244 cm³/mol. The second kappa shape index (κ2) is 40.5. The molecule has 1 aliphatic rings. The van der Waals surface area contributed by atoms with Crippen molar-refractivity contribution in [3.8, 4) is 0 Å². The zero-order chi connectivity index (χ0) is 43.0. The molecule has 0 aromatic carbocycles. The monoisotopic (exact) mass is 836 g/mol. The maximum atomic E-state index is 12.9. The van der Waals surface area contributed by atoms with Crippen LogP contribution in [0.15, 0.2) is 36.5 Å². The first-order chi connectivity index (χ1) is 28.8. The Morgan fingerprint density at radius 2 is 1.00 bits per heavy atom. The second-order valence-corrected chi connectivity index (χ2v) is 17.3. The van der Waals surface area contributed by atoms with Crippen LogP contribution in [0.4, 0.5) is 0 Å². The Kier molecular flexibility index (Phi) is 38.0.